The molecule has 1 saturated carbocycles. The first-order valence-electron chi connectivity index (χ1n) is 4.87. The molecule has 14 heavy (non-hydrogen) atoms. The lowest BCUT2D eigenvalue weighted by atomic mass is 10.3. The minimum absolute atomic E-state index is 0.108. The maximum Gasteiger partial charge on any atom is 0.295 e. The fourth-order valence-corrected chi connectivity index (χ4v) is 1.46. The molecule has 1 N–H and O–H groups in total. The molecule has 76 valence electrons. The molecule has 0 radical (unpaired) electrons. The second-order valence-electron chi connectivity index (χ2n) is 3.47. The summed E-state index contributed by atoms with van der Waals surface area (Å²) < 4.78 is 0. The lowest BCUT2D eigenvalue weighted by Crippen LogP contribution is -2.34. The van der Waals surface area contributed by atoms with Crippen LogP contribution in [0.2, 0.25) is 0 Å². The largest absolute Gasteiger partial charge is 0.333 e. The SMILES string of the molecule is CCCN(C(=O)c1nn[nH]n1)C1CC1. The molecule has 1 aromatic rings. The van der Waals surface area contributed by atoms with Gasteiger partial charge < -0.3 is 4.90 Å². The highest BCUT2D eigenvalue weighted by Gasteiger charge is 2.33. The Kier molecular flexibility index (Phi) is 2.43. The summed E-state index contributed by atoms with van der Waals surface area (Å²) in [5.74, 6) is 0.0634. The molecule has 0 unspecified atom stereocenters. The van der Waals surface area contributed by atoms with E-state index in [1.165, 1.54) is 0 Å². The van der Waals surface area contributed by atoms with Crippen LogP contribution in [0.25, 0.3) is 0 Å². The third kappa shape index (κ3) is 1.73. The van der Waals surface area contributed by atoms with E-state index in [0.29, 0.717) is 6.04 Å². The first-order valence-corrected chi connectivity index (χ1v) is 4.87. The normalized spacial score (nSPS) is 15.5. The second kappa shape index (κ2) is 3.73. The van der Waals surface area contributed by atoms with Gasteiger partial charge in [-0.1, -0.05) is 6.92 Å². The lowest BCUT2D eigenvalue weighted by Gasteiger charge is -2.19. The Morgan fingerprint density at radius 3 is 2.93 bits per heavy atom. The van der Waals surface area contributed by atoms with Crippen molar-refractivity contribution in [1.82, 2.24) is 25.5 Å². The number of rotatable bonds is 4. The van der Waals surface area contributed by atoms with Crippen LogP contribution in [0.1, 0.15) is 36.8 Å². The molecule has 6 heteroatoms. The van der Waals surface area contributed by atoms with Gasteiger partial charge in [-0.2, -0.15) is 5.21 Å². The molecular weight excluding hydrogens is 182 g/mol. The predicted octanol–water partition coefficient (Wildman–Crippen LogP) is 0.214. The van der Waals surface area contributed by atoms with Crippen LogP contribution in [0.15, 0.2) is 0 Å². The van der Waals surface area contributed by atoms with Crippen molar-refractivity contribution < 1.29 is 4.79 Å². The number of nitrogens with one attached hydrogen (secondary N) is 1. The van der Waals surface area contributed by atoms with E-state index in [-0.39, 0.29) is 11.7 Å². The first-order chi connectivity index (χ1) is 6.83. The molecule has 1 amide bonds. The standard InChI is InChI=1S/C8H13N5O/c1-2-5-13(6-3-4-6)8(14)7-9-11-12-10-7/h6H,2-5H2,1H3,(H,9,10,11,12). The summed E-state index contributed by atoms with van der Waals surface area (Å²) in [6, 6.07) is 0.404. The summed E-state index contributed by atoms with van der Waals surface area (Å²) in [5.41, 5.74) is 0. The van der Waals surface area contributed by atoms with Crippen LogP contribution in [0.5, 0.6) is 0 Å². The van der Waals surface area contributed by atoms with E-state index in [2.05, 4.69) is 27.5 Å². The van der Waals surface area contributed by atoms with E-state index in [1.54, 1.807) is 0 Å². The number of tetrazole rings is 1. The van der Waals surface area contributed by atoms with Crippen molar-refractivity contribution in [3.05, 3.63) is 5.82 Å². The molecule has 0 atom stereocenters. The van der Waals surface area contributed by atoms with Crippen molar-refractivity contribution >= 4 is 5.91 Å². The first kappa shape index (κ1) is 9.11. The van der Waals surface area contributed by atoms with Crippen LogP contribution >= 0.6 is 0 Å². The van der Waals surface area contributed by atoms with Gasteiger partial charge in [0.2, 0.25) is 0 Å². The Hall–Kier alpha value is -1.46. The van der Waals surface area contributed by atoms with E-state index < -0.39 is 0 Å². The molecule has 1 aliphatic carbocycles. The van der Waals surface area contributed by atoms with E-state index in [4.69, 9.17) is 0 Å². The average Bonchev–Trinajstić information content (AvgIpc) is 2.88. The van der Waals surface area contributed by atoms with Crippen LogP contribution in [0.4, 0.5) is 0 Å². The molecule has 1 fully saturated rings. The number of amides is 1. The van der Waals surface area contributed by atoms with Gasteiger partial charge in [0.15, 0.2) is 0 Å². The van der Waals surface area contributed by atoms with Gasteiger partial charge in [0.05, 0.1) is 0 Å². The summed E-state index contributed by atoms with van der Waals surface area (Å²) in [6.07, 6.45) is 3.16. The molecular formula is C8H13N5O. The van der Waals surface area contributed by atoms with Crippen molar-refractivity contribution in [3.63, 3.8) is 0 Å². The average molecular weight is 195 g/mol. The minimum atomic E-state index is -0.108. The summed E-state index contributed by atoms with van der Waals surface area (Å²) in [7, 11) is 0. The van der Waals surface area contributed by atoms with Crippen molar-refractivity contribution in [2.45, 2.75) is 32.2 Å². The van der Waals surface area contributed by atoms with Gasteiger partial charge in [-0.3, -0.25) is 4.79 Å². The van der Waals surface area contributed by atoms with Crippen LogP contribution < -0.4 is 0 Å². The van der Waals surface area contributed by atoms with Crippen molar-refractivity contribution in [2.24, 2.45) is 0 Å². The molecule has 1 aromatic heterocycles. The van der Waals surface area contributed by atoms with Gasteiger partial charge in [-0.05, 0) is 24.5 Å². The monoisotopic (exact) mass is 195 g/mol. The van der Waals surface area contributed by atoms with Crippen LogP contribution in [-0.4, -0.2) is 44.0 Å². The van der Waals surface area contributed by atoms with Gasteiger partial charge in [-0.25, -0.2) is 0 Å². The minimum Gasteiger partial charge on any atom is -0.333 e. The Morgan fingerprint density at radius 1 is 1.64 bits per heavy atom. The molecule has 1 heterocycles. The number of H-pyrrole nitrogens is 1. The zero-order chi connectivity index (χ0) is 9.97. The van der Waals surface area contributed by atoms with Gasteiger partial charge >= 0.3 is 0 Å². The lowest BCUT2D eigenvalue weighted by molar-refractivity contribution is 0.0731. The van der Waals surface area contributed by atoms with Gasteiger partial charge in [0.25, 0.3) is 11.7 Å². The quantitative estimate of drug-likeness (QED) is 0.745. The number of carbonyl (C=O) groups is 1. The second-order valence-corrected chi connectivity index (χ2v) is 3.47. The number of carbonyl (C=O) groups excluding carboxylic acids is 1. The van der Waals surface area contributed by atoms with E-state index in [0.717, 1.165) is 25.8 Å². The van der Waals surface area contributed by atoms with Crippen LogP contribution in [0.3, 0.4) is 0 Å². The highest BCUT2D eigenvalue weighted by molar-refractivity contribution is 5.90. The van der Waals surface area contributed by atoms with Gasteiger partial charge in [0, 0.05) is 12.6 Å². The van der Waals surface area contributed by atoms with E-state index >= 15 is 0 Å². The van der Waals surface area contributed by atoms with Crippen LogP contribution in [0, 0.1) is 0 Å². The topological polar surface area (TPSA) is 74.8 Å². The molecule has 0 aromatic carbocycles. The summed E-state index contributed by atoms with van der Waals surface area (Å²) >= 11 is 0. The van der Waals surface area contributed by atoms with Crippen molar-refractivity contribution in [1.29, 1.82) is 0 Å². The zero-order valence-corrected chi connectivity index (χ0v) is 8.10. The number of aromatic nitrogens is 4. The molecule has 2 rings (SSSR count). The summed E-state index contributed by atoms with van der Waals surface area (Å²) in [5, 5.41) is 13.1. The Bertz CT molecular complexity index is 306. The predicted molar refractivity (Wildman–Crippen MR) is 48.5 cm³/mol. The highest BCUT2D eigenvalue weighted by atomic mass is 16.2. The van der Waals surface area contributed by atoms with E-state index in [9.17, 15) is 4.79 Å². The number of nitrogens with zero attached hydrogens (tertiary/aromatic N) is 4. The fraction of sp³-hybridized carbons (Fsp3) is 0.750. The molecule has 0 bridgehead atoms. The van der Waals surface area contributed by atoms with Crippen molar-refractivity contribution in [2.75, 3.05) is 6.54 Å². The van der Waals surface area contributed by atoms with Crippen molar-refractivity contribution in [3.8, 4) is 0 Å². The van der Waals surface area contributed by atoms with Gasteiger partial charge in [0.1, 0.15) is 0 Å². The Morgan fingerprint density at radius 2 is 2.43 bits per heavy atom. The third-order valence-corrected chi connectivity index (χ3v) is 2.25. The Balaban J connectivity index is 2.07. The number of aromatic amines is 1. The smallest absolute Gasteiger partial charge is 0.295 e. The molecule has 0 spiro atoms. The maximum atomic E-state index is 11.8. The van der Waals surface area contributed by atoms with Gasteiger partial charge in [-0.15, -0.1) is 10.2 Å². The molecule has 1 aliphatic rings. The molecule has 0 aliphatic heterocycles. The molecule has 6 nitrogen and oxygen atoms in total. The van der Waals surface area contributed by atoms with Crippen LogP contribution in [-0.2, 0) is 0 Å². The highest BCUT2D eigenvalue weighted by Crippen LogP contribution is 2.27. The third-order valence-electron chi connectivity index (χ3n) is 2.25. The summed E-state index contributed by atoms with van der Waals surface area (Å²) in [4.78, 5) is 13.7. The number of hydrogen-bond donors (Lipinski definition) is 1. The molecule has 0 saturated heterocycles. The summed E-state index contributed by atoms with van der Waals surface area (Å²) in [6.45, 7) is 2.83. The maximum absolute atomic E-state index is 11.8. The Labute approximate surface area is 81.7 Å². The van der Waals surface area contributed by atoms with E-state index in [1.807, 2.05) is 4.90 Å². The number of hydrogen-bond acceptors (Lipinski definition) is 4. The fourth-order valence-electron chi connectivity index (χ4n) is 1.46. The zero-order valence-electron chi connectivity index (χ0n) is 8.10.